The third kappa shape index (κ3) is 4.45. The largest absolute Gasteiger partial charge is 0.384 e. The number of hydrogen-bond donors (Lipinski definition) is 2. The van der Waals surface area contributed by atoms with Crippen LogP contribution in [-0.4, -0.2) is 43.3 Å². The van der Waals surface area contributed by atoms with Gasteiger partial charge in [-0.25, -0.2) is 23.1 Å². The predicted molar refractivity (Wildman–Crippen MR) is 93.1 cm³/mol. The molecule has 3 rings (SSSR count). The third-order valence-electron chi connectivity index (χ3n) is 4.39. The average molecular weight is 362 g/mol. The third-order valence-corrected chi connectivity index (χ3v) is 6.00. The first-order valence-electron chi connectivity index (χ1n) is 7.81. The van der Waals surface area contributed by atoms with Gasteiger partial charge in [-0.15, -0.1) is 12.4 Å². The highest BCUT2D eigenvalue weighted by Crippen LogP contribution is 2.42. The van der Waals surface area contributed by atoms with Gasteiger partial charge in [0.05, 0.1) is 5.75 Å². The standard InChI is InChI=1S/C14H23N5O2S.ClH/c1-2-5-22(20,21)18-12-8-19(7-11(12)10-3-4-10)14-6-13(15)16-9-17-14;/h6,9-12,18H,2-5,7-8H2,1H3,(H2,15,16,17);1H/t11-,12+;/m1./s1. The predicted octanol–water partition coefficient (Wildman–Crippen LogP) is 1.02. The van der Waals surface area contributed by atoms with Crippen LogP contribution in [0.2, 0.25) is 0 Å². The molecule has 3 N–H and O–H groups in total. The van der Waals surface area contributed by atoms with Crippen molar-refractivity contribution in [2.75, 3.05) is 29.5 Å². The van der Waals surface area contributed by atoms with Crippen molar-refractivity contribution in [3.63, 3.8) is 0 Å². The molecule has 2 aliphatic rings. The van der Waals surface area contributed by atoms with Gasteiger partial charge in [0.1, 0.15) is 18.0 Å². The van der Waals surface area contributed by atoms with Crippen LogP contribution in [-0.2, 0) is 10.0 Å². The van der Waals surface area contributed by atoms with E-state index in [0.29, 0.717) is 30.6 Å². The lowest BCUT2D eigenvalue weighted by atomic mass is 9.99. The number of aromatic nitrogens is 2. The molecule has 7 nitrogen and oxygen atoms in total. The van der Waals surface area contributed by atoms with E-state index in [0.717, 1.165) is 12.4 Å². The summed E-state index contributed by atoms with van der Waals surface area (Å²) in [6.45, 7) is 3.34. The van der Waals surface area contributed by atoms with Gasteiger partial charge in [-0.1, -0.05) is 6.92 Å². The van der Waals surface area contributed by atoms with Crippen LogP contribution >= 0.6 is 12.4 Å². The van der Waals surface area contributed by atoms with Crippen LogP contribution in [0.15, 0.2) is 12.4 Å². The van der Waals surface area contributed by atoms with Gasteiger partial charge in [-0.05, 0) is 31.1 Å². The zero-order chi connectivity index (χ0) is 15.7. The van der Waals surface area contributed by atoms with Crippen LogP contribution < -0.4 is 15.4 Å². The fraction of sp³-hybridized carbons (Fsp3) is 0.714. The maximum atomic E-state index is 12.1. The second-order valence-electron chi connectivity index (χ2n) is 6.25. The number of rotatable bonds is 6. The van der Waals surface area contributed by atoms with Gasteiger partial charge in [-0.2, -0.15) is 0 Å². The normalized spacial score (nSPS) is 24.5. The number of nitrogen functional groups attached to an aromatic ring is 1. The maximum absolute atomic E-state index is 12.1. The van der Waals surface area contributed by atoms with Crippen molar-refractivity contribution in [1.29, 1.82) is 0 Å². The summed E-state index contributed by atoms with van der Waals surface area (Å²) in [5.74, 6) is 2.36. The molecular weight excluding hydrogens is 338 g/mol. The first-order chi connectivity index (χ1) is 10.5. The van der Waals surface area contributed by atoms with Crippen LogP contribution in [0.5, 0.6) is 0 Å². The Morgan fingerprint density at radius 3 is 2.70 bits per heavy atom. The van der Waals surface area contributed by atoms with E-state index in [-0.39, 0.29) is 24.2 Å². The van der Waals surface area contributed by atoms with E-state index in [1.165, 1.54) is 19.2 Å². The van der Waals surface area contributed by atoms with Gasteiger partial charge in [0, 0.05) is 25.2 Å². The molecule has 23 heavy (non-hydrogen) atoms. The Hall–Kier alpha value is -1.12. The van der Waals surface area contributed by atoms with E-state index in [2.05, 4.69) is 19.6 Å². The molecule has 0 amide bonds. The van der Waals surface area contributed by atoms with E-state index in [1.54, 1.807) is 6.07 Å². The SMILES string of the molecule is CCCS(=O)(=O)N[C@H]1CN(c2cc(N)ncn2)C[C@@H]1C1CC1.Cl. The van der Waals surface area contributed by atoms with Gasteiger partial charge >= 0.3 is 0 Å². The summed E-state index contributed by atoms with van der Waals surface area (Å²) < 4.78 is 27.1. The van der Waals surface area contributed by atoms with Crippen LogP contribution in [0, 0.1) is 11.8 Å². The van der Waals surface area contributed by atoms with Crippen molar-refractivity contribution < 1.29 is 8.42 Å². The first kappa shape index (κ1) is 18.2. The van der Waals surface area contributed by atoms with Crippen molar-refractivity contribution in [2.45, 2.75) is 32.2 Å². The van der Waals surface area contributed by atoms with Crippen molar-refractivity contribution in [3.8, 4) is 0 Å². The summed E-state index contributed by atoms with van der Waals surface area (Å²) in [5, 5.41) is 0. The smallest absolute Gasteiger partial charge is 0.211 e. The number of nitrogens with zero attached hydrogens (tertiary/aromatic N) is 3. The van der Waals surface area contributed by atoms with Crippen LogP contribution in [0.4, 0.5) is 11.6 Å². The summed E-state index contributed by atoms with van der Waals surface area (Å²) in [7, 11) is -3.20. The molecule has 2 atom stereocenters. The minimum Gasteiger partial charge on any atom is -0.384 e. The Bertz CT molecular complexity index is 638. The topological polar surface area (TPSA) is 101 Å². The fourth-order valence-electron chi connectivity index (χ4n) is 3.24. The minimum absolute atomic E-state index is 0. The summed E-state index contributed by atoms with van der Waals surface area (Å²) in [6.07, 6.45) is 4.46. The fourth-order valence-corrected chi connectivity index (χ4v) is 4.60. The van der Waals surface area contributed by atoms with E-state index >= 15 is 0 Å². The Balaban J connectivity index is 0.00000192. The van der Waals surface area contributed by atoms with E-state index in [4.69, 9.17) is 5.73 Å². The van der Waals surface area contributed by atoms with Gasteiger partial charge in [0.15, 0.2) is 0 Å². The maximum Gasteiger partial charge on any atom is 0.211 e. The first-order valence-corrected chi connectivity index (χ1v) is 9.46. The van der Waals surface area contributed by atoms with E-state index < -0.39 is 10.0 Å². The molecular formula is C14H24ClN5O2S. The van der Waals surface area contributed by atoms with E-state index in [9.17, 15) is 8.42 Å². The van der Waals surface area contributed by atoms with Gasteiger partial charge < -0.3 is 10.6 Å². The van der Waals surface area contributed by atoms with Crippen LogP contribution in [0.25, 0.3) is 0 Å². The molecule has 1 aliphatic heterocycles. The lowest BCUT2D eigenvalue weighted by molar-refractivity contribution is 0.426. The molecule has 1 saturated carbocycles. The summed E-state index contributed by atoms with van der Waals surface area (Å²) >= 11 is 0. The molecule has 2 fully saturated rings. The number of halogens is 1. The molecule has 0 unspecified atom stereocenters. The zero-order valence-corrected chi connectivity index (χ0v) is 14.8. The Morgan fingerprint density at radius 2 is 2.09 bits per heavy atom. The highest BCUT2D eigenvalue weighted by atomic mass is 35.5. The highest BCUT2D eigenvalue weighted by Gasteiger charge is 2.44. The highest BCUT2D eigenvalue weighted by molar-refractivity contribution is 7.89. The van der Waals surface area contributed by atoms with Gasteiger partial charge in [0.25, 0.3) is 0 Å². The Morgan fingerprint density at radius 1 is 1.35 bits per heavy atom. The Labute approximate surface area is 143 Å². The van der Waals surface area contributed by atoms with Crippen molar-refractivity contribution >= 4 is 34.1 Å². The molecule has 1 aliphatic carbocycles. The molecule has 130 valence electrons. The lowest BCUT2D eigenvalue weighted by Crippen LogP contribution is -2.42. The summed E-state index contributed by atoms with van der Waals surface area (Å²) in [4.78, 5) is 10.3. The lowest BCUT2D eigenvalue weighted by Gasteiger charge is -2.19. The molecule has 0 radical (unpaired) electrons. The number of anilines is 2. The molecule has 9 heteroatoms. The molecule has 1 aromatic rings. The van der Waals surface area contributed by atoms with Crippen molar-refractivity contribution in [2.24, 2.45) is 11.8 Å². The summed E-state index contributed by atoms with van der Waals surface area (Å²) in [6, 6.07) is 1.70. The van der Waals surface area contributed by atoms with Gasteiger partial charge in [-0.3, -0.25) is 0 Å². The molecule has 0 spiro atoms. The van der Waals surface area contributed by atoms with Crippen LogP contribution in [0.3, 0.4) is 0 Å². The van der Waals surface area contributed by atoms with E-state index in [1.807, 2.05) is 6.92 Å². The second kappa shape index (κ2) is 7.19. The molecule has 1 saturated heterocycles. The van der Waals surface area contributed by atoms with Crippen molar-refractivity contribution in [1.82, 2.24) is 14.7 Å². The number of hydrogen-bond acceptors (Lipinski definition) is 6. The quantitative estimate of drug-likeness (QED) is 0.784. The minimum atomic E-state index is -3.20. The average Bonchev–Trinajstić information content (AvgIpc) is 3.20. The molecule has 0 aromatic carbocycles. The second-order valence-corrected chi connectivity index (χ2v) is 8.12. The van der Waals surface area contributed by atoms with Gasteiger partial charge in [0.2, 0.25) is 10.0 Å². The number of nitrogens with two attached hydrogens (primary N) is 1. The molecule has 0 bridgehead atoms. The van der Waals surface area contributed by atoms with Crippen molar-refractivity contribution in [3.05, 3.63) is 12.4 Å². The summed E-state index contributed by atoms with van der Waals surface area (Å²) in [5.41, 5.74) is 5.72. The molecule has 2 heterocycles. The number of nitrogens with one attached hydrogen (secondary N) is 1. The monoisotopic (exact) mass is 361 g/mol. The van der Waals surface area contributed by atoms with Crippen LogP contribution in [0.1, 0.15) is 26.2 Å². The molecule has 1 aromatic heterocycles. The zero-order valence-electron chi connectivity index (χ0n) is 13.2. The Kier molecular flexibility index (Phi) is 5.70. The number of sulfonamides is 1.